The molecule has 0 aromatic heterocycles. The van der Waals surface area contributed by atoms with Crippen molar-refractivity contribution in [1.29, 1.82) is 0 Å². The number of nitrogens with one attached hydrogen (secondary N) is 1. The van der Waals surface area contributed by atoms with Gasteiger partial charge in [0.25, 0.3) is 0 Å². The van der Waals surface area contributed by atoms with Gasteiger partial charge in [-0.15, -0.1) is 0 Å². The number of carboxylic acids is 1. The van der Waals surface area contributed by atoms with Gasteiger partial charge in [-0.05, 0) is 19.8 Å². The molecule has 0 aliphatic carbocycles. The molecule has 0 rings (SSSR count). The maximum absolute atomic E-state index is 10.9. The summed E-state index contributed by atoms with van der Waals surface area (Å²) in [5, 5.41) is 11.2. The molecule has 0 aromatic carbocycles. The highest BCUT2D eigenvalue weighted by Crippen LogP contribution is 2.00. The number of carboxylic acid groups (broad SMARTS) is 1. The minimum absolute atomic E-state index is 0.0253. The average molecular weight is 314 g/mol. The Morgan fingerprint density at radius 2 is 2.07 bits per heavy atom. The predicted octanol–water partition coefficient (Wildman–Crippen LogP) is 0.118. The second-order valence-corrected chi connectivity index (χ2v) is 3.89. The third kappa shape index (κ3) is 6.14. The Hall–Kier alpha value is -0.370. The van der Waals surface area contributed by atoms with Gasteiger partial charge in [-0.3, -0.25) is 9.59 Å². The van der Waals surface area contributed by atoms with Crippen LogP contribution in [0, 0.1) is 0 Å². The molecule has 82 valence electrons. The van der Waals surface area contributed by atoms with Crippen LogP contribution in [0.1, 0.15) is 19.8 Å². The highest BCUT2D eigenvalue weighted by Gasteiger charge is 2.13. The molecular weight excluding hydrogens is 299 g/mol. The summed E-state index contributed by atoms with van der Waals surface area (Å²) < 4.78 is 0.410. The normalized spacial score (nSPS) is 14.5. The van der Waals surface area contributed by atoms with Gasteiger partial charge in [0, 0.05) is 6.04 Å². The molecule has 0 saturated heterocycles. The molecule has 1 amide bonds. The number of carbonyl (C=O) groups excluding carboxylic acids is 1. The zero-order chi connectivity index (χ0) is 11.1. The van der Waals surface area contributed by atoms with Gasteiger partial charge in [0.05, 0.1) is 4.43 Å². The summed E-state index contributed by atoms with van der Waals surface area (Å²) >= 11 is 1.97. The minimum atomic E-state index is -1.00. The summed E-state index contributed by atoms with van der Waals surface area (Å²) in [5.74, 6) is -1.04. The highest BCUT2D eigenvalue weighted by atomic mass is 127. The van der Waals surface area contributed by atoms with Crippen LogP contribution in [-0.2, 0) is 9.59 Å². The van der Waals surface area contributed by atoms with Gasteiger partial charge in [0.2, 0.25) is 5.91 Å². The zero-order valence-electron chi connectivity index (χ0n) is 8.00. The third-order valence-corrected chi connectivity index (χ3v) is 2.45. The third-order valence-electron chi connectivity index (χ3n) is 1.76. The lowest BCUT2D eigenvalue weighted by atomic mass is 10.1. The summed E-state index contributed by atoms with van der Waals surface area (Å²) in [6, 6.07) is -0.864. The molecule has 1 unspecified atom stereocenters. The fourth-order valence-corrected chi connectivity index (χ4v) is 1.16. The molecule has 2 atom stereocenters. The Morgan fingerprint density at radius 3 is 2.50 bits per heavy atom. The van der Waals surface area contributed by atoms with Gasteiger partial charge >= 0.3 is 5.97 Å². The van der Waals surface area contributed by atoms with Crippen LogP contribution in [0.3, 0.4) is 0 Å². The highest BCUT2D eigenvalue weighted by molar-refractivity contribution is 14.1. The fraction of sp³-hybridized carbons (Fsp3) is 0.750. The first-order valence-electron chi connectivity index (χ1n) is 4.31. The quantitative estimate of drug-likeness (QED) is 0.479. The Balaban J connectivity index is 3.68. The van der Waals surface area contributed by atoms with Crippen LogP contribution in [0.5, 0.6) is 0 Å². The maximum atomic E-state index is 10.9. The number of hydrogen-bond donors (Lipinski definition) is 3. The lowest BCUT2D eigenvalue weighted by molar-refractivity contribution is -0.138. The first-order chi connectivity index (χ1) is 6.47. The van der Waals surface area contributed by atoms with E-state index < -0.39 is 12.0 Å². The lowest BCUT2D eigenvalue weighted by Crippen LogP contribution is -2.36. The van der Waals surface area contributed by atoms with Gasteiger partial charge in [-0.2, -0.15) is 0 Å². The van der Waals surface area contributed by atoms with E-state index in [0.717, 1.165) is 0 Å². The maximum Gasteiger partial charge on any atom is 0.320 e. The Kier molecular flexibility index (Phi) is 6.81. The van der Waals surface area contributed by atoms with E-state index in [2.05, 4.69) is 5.32 Å². The second kappa shape index (κ2) is 6.99. The predicted molar refractivity (Wildman–Crippen MR) is 61.3 cm³/mol. The molecule has 0 aliphatic heterocycles. The van der Waals surface area contributed by atoms with Crippen molar-refractivity contribution in [3.8, 4) is 0 Å². The van der Waals surface area contributed by atoms with Gasteiger partial charge in [-0.1, -0.05) is 22.6 Å². The van der Waals surface area contributed by atoms with Crippen molar-refractivity contribution in [1.82, 2.24) is 5.32 Å². The molecule has 0 aromatic rings. The van der Waals surface area contributed by atoms with Crippen LogP contribution >= 0.6 is 22.6 Å². The van der Waals surface area contributed by atoms with Gasteiger partial charge in [-0.25, -0.2) is 0 Å². The van der Waals surface area contributed by atoms with Crippen molar-refractivity contribution in [2.75, 3.05) is 4.43 Å². The van der Waals surface area contributed by atoms with Crippen LogP contribution in [0.25, 0.3) is 0 Å². The van der Waals surface area contributed by atoms with Crippen LogP contribution in [0.4, 0.5) is 0 Å². The van der Waals surface area contributed by atoms with E-state index in [1.807, 2.05) is 29.5 Å². The summed E-state index contributed by atoms with van der Waals surface area (Å²) in [6.07, 6.45) is 0.952. The molecule has 0 aliphatic rings. The largest absolute Gasteiger partial charge is 0.480 e. The van der Waals surface area contributed by atoms with E-state index in [0.29, 0.717) is 17.3 Å². The number of aliphatic carboxylic acids is 1. The standard InChI is InChI=1S/C8H15IN2O3/c1-5(11-7(12)4-9)2-3-6(10)8(13)14/h5-6H,2-4,10H2,1H3,(H,11,12)(H,13,14)/t5?,6-/m0/s1. The van der Waals surface area contributed by atoms with Gasteiger partial charge in [0.1, 0.15) is 6.04 Å². The van der Waals surface area contributed by atoms with Crippen molar-refractivity contribution in [2.45, 2.75) is 31.8 Å². The van der Waals surface area contributed by atoms with E-state index in [1.165, 1.54) is 0 Å². The Labute approximate surface area is 96.6 Å². The molecule has 14 heavy (non-hydrogen) atoms. The van der Waals surface area contributed by atoms with Gasteiger partial charge < -0.3 is 16.2 Å². The molecular formula is C8H15IN2O3. The second-order valence-electron chi connectivity index (χ2n) is 3.12. The van der Waals surface area contributed by atoms with Crippen molar-refractivity contribution in [3.05, 3.63) is 0 Å². The summed E-state index contributed by atoms with van der Waals surface area (Å²) in [5.41, 5.74) is 5.31. The van der Waals surface area contributed by atoms with Crippen molar-refractivity contribution >= 4 is 34.5 Å². The van der Waals surface area contributed by atoms with Crippen LogP contribution in [0.15, 0.2) is 0 Å². The summed E-state index contributed by atoms with van der Waals surface area (Å²) in [6.45, 7) is 1.83. The Morgan fingerprint density at radius 1 is 1.50 bits per heavy atom. The smallest absolute Gasteiger partial charge is 0.320 e. The summed E-state index contributed by atoms with van der Waals surface area (Å²) in [7, 11) is 0. The molecule has 0 heterocycles. The van der Waals surface area contributed by atoms with E-state index in [9.17, 15) is 9.59 Å². The molecule has 0 spiro atoms. The van der Waals surface area contributed by atoms with E-state index in [4.69, 9.17) is 10.8 Å². The van der Waals surface area contributed by atoms with E-state index in [-0.39, 0.29) is 11.9 Å². The number of hydrogen-bond acceptors (Lipinski definition) is 3. The number of carbonyl (C=O) groups is 2. The average Bonchev–Trinajstić information content (AvgIpc) is 2.13. The number of amides is 1. The van der Waals surface area contributed by atoms with Crippen molar-refractivity contribution < 1.29 is 14.7 Å². The molecule has 0 radical (unpaired) electrons. The van der Waals surface area contributed by atoms with Gasteiger partial charge in [0.15, 0.2) is 0 Å². The number of halogens is 1. The topological polar surface area (TPSA) is 92.4 Å². The zero-order valence-corrected chi connectivity index (χ0v) is 10.2. The van der Waals surface area contributed by atoms with Crippen LogP contribution in [-0.4, -0.2) is 33.5 Å². The molecule has 4 N–H and O–H groups in total. The molecule has 0 fully saturated rings. The number of rotatable bonds is 6. The number of nitrogens with two attached hydrogens (primary N) is 1. The SMILES string of the molecule is CC(CC[C@H](N)C(=O)O)NC(=O)CI. The number of alkyl halides is 1. The molecule has 5 nitrogen and oxygen atoms in total. The molecule has 0 bridgehead atoms. The van der Waals surface area contributed by atoms with Crippen LogP contribution < -0.4 is 11.1 Å². The first-order valence-corrected chi connectivity index (χ1v) is 5.83. The lowest BCUT2D eigenvalue weighted by Gasteiger charge is -2.14. The van der Waals surface area contributed by atoms with E-state index in [1.54, 1.807) is 0 Å². The molecule has 6 heteroatoms. The minimum Gasteiger partial charge on any atom is -0.480 e. The summed E-state index contributed by atoms with van der Waals surface area (Å²) in [4.78, 5) is 21.3. The molecule has 0 saturated carbocycles. The van der Waals surface area contributed by atoms with Crippen LogP contribution in [0.2, 0.25) is 0 Å². The van der Waals surface area contributed by atoms with Crippen molar-refractivity contribution in [3.63, 3.8) is 0 Å². The fourth-order valence-electron chi connectivity index (χ4n) is 0.939. The Bertz CT molecular complexity index is 211. The van der Waals surface area contributed by atoms with Crippen molar-refractivity contribution in [2.24, 2.45) is 5.73 Å². The first kappa shape index (κ1) is 13.6. The monoisotopic (exact) mass is 314 g/mol. The van der Waals surface area contributed by atoms with E-state index >= 15 is 0 Å².